The molecule has 0 radical (unpaired) electrons. The summed E-state index contributed by atoms with van der Waals surface area (Å²) in [6.45, 7) is 3.76. The number of aliphatic hydroxyl groups excluding tert-OH is 1. The first-order valence-electron chi connectivity index (χ1n) is 6.13. The zero-order chi connectivity index (χ0) is 14.3. The van der Waals surface area contributed by atoms with Crippen molar-refractivity contribution in [3.8, 4) is 11.5 Å². The lowest BCUT2D eigenvalue weighted by Gasteiger charge is -2.15. The summed E-state index contributed by atoms with van der Waals surface area (Å²) in [6, 6.07) is 3.64. The predicted octanol–water partition coefficient (Wildman–Crippen LogP) is 2.96. The Kier molecular flexibility index (Phi) is 7.75. The van der Waals surface area contributed by atoms with E-state index in [0.29, 0.717) is 12.3 Å². The first-order valence-corrected chi connectivity index (χ1v) is 7.71. The van der Waals surface area contributed by atoms with Crippen LogP contribution in [0.3, 0.4) is 0 Å². The minimum absolute atomic E-state index is 0.244. The van der Waals surface area contributed by atoms with Crippen LogP contribution < -0.4 is 14.8 Å². The van der Waals surface area contributed by atoms with Crippen molar-refractivity contribution in [2.45, 2.75) is 19.4 Å². The summed E-state index contributed by atoms with van der Waals surface area (Å²) in [5.41, 5.74) is 0. The highest BCUT2D eigenvalue weighted by Crippen LogP contribution is 2.35. The van der Waals surface area contributed by atoms with Gasteiger partial charge in [-0.2, -0.15) is 0 Å². The van der Waals surface area contributed by atoms with Gasteiger partial charge in [0.1, 0.15) is 24.2 Å². The molecule has 0 bridgehead atoms. The fourth-order valence-corrected chi connectivity index (χ4v) is 2.39. The van der Waals surface area contributed by atoms with E-state index in [0.717, 1.165) is 27.7 Å². The molecule has 1 unspecified atom stereocenters. The standard InChI is InChI=1S/C13H19Br2NO3/c1-3-4-16-7-9(17)8-19-13-6-10(14)12(18-2)5-11(13)15/h5-6,9,16-17H,3-4,7-8H2,1-2H3. The molecule has 0 aliphatic carbocycles. The molecule has 0 saturated carbocycles. The van der Waals surface area contributed by atoms with Gasteiger partial charge in [-0.3, -0.25) is 0 Å². The van der Waals surface area contributed by atoms with Crippen LogP contribution in [0.4, 0.5) is 0 Å². The molecule has 0 aliphatic heterocycles. The zero-order valence-corrected chi connectivity index (χ0v) is 14.3. The Bertz CT molecular complexity index is 402. The third kappa shape index (κ3) is 5.69. The number of hydrogen-bond acceptors (Lipinski definition) is 4. The van der Waals surface area contributed by atoms with Crippen molar-refractivity contribution < 1.29 is 14.6 Å². The minimum atomic E-state index is -0.528. The summed E-state index contributed by atoms with van der Waals surface area (Å²) in [5.74, 6) is 1.40. The smallest absolute Gasteiger partial charge is 0.135 e. The first-order chi connectivity index (χ1) is 9.08. The Hall–Kier alpha value is -0.300. The number of halogens is 2. The summed E-state index contributed by atoms with van der Waals surface area (Å²) in [7, 11) is 1.61. The van der Waals surface area contributed by atoms with Gasteiger partial charge in [0, 0.05) is 6.54 Å². The lowest BCUT2D eigenvalue weighted by atomic mass is 10.3. The number of rotatable bonds is 8. The topological polar surface area (TPSA) is 50.7 Å². The van der Waals surface area contributed by atoms with E-state index in [4.69, 9.17) is 9.47 Å². The van der Waals surface area contributed by atoms with Crippen molar-refractivity contribution >= 4 is 31.9 Å². The van der Waals surface area contributed by atoms with E-state index in [1.165, 1.54) is 0 Å². The maximum absolute atomic E-state index is 9.76. The summed E-state index contributed by atoms with van der Waals surface area (Å²) in [6.07, 6.45) is 0.518. The van der Waals surface area contributed by atoms with Crippen LogP contribution in [0.1, 0.15) is 13.3 Å². The Morgan fingerprint density at radius 3 is 2.53 bits per heavy atom. The molecular weight excluding hydrogens is 378 g/mol. The number of hydrogen-bond donors (Lipinski definition) is 2. The van der Waals surface area contributed by atoms with E-state index in [2.05, 4.69) is 44.1 Å². The number of aliphatic hydroxyl groups is 1. The molecule has 6 heteroatoms. The van der Waals surface area contributed by atoms with Gasteiger partial charge in [0.15, 0.2) is 0 Å². The highest BCUT2D eigenvalue weighted by Gasteiger charge is 2.10. The van der Waals surface area contributed by atoms with Crippen molar-refractivity contribution in [1.82, 2.24) is 5.32 Å². The fourth-order valence-electron chi connectivity index (χ4n) is 1.47. The van der Waals surface area contributed by atoms with E-state index in [9.17, 15) is 5.11 Å². The van der Waals surface area contributed by atoms with Gasteiger partial charge in [-0.15, -0.1) is 0 Å². The Morgan fingerprint density at radius 1 is 1.26 bits per heavy atom. The van der Waals surface area contributed by atoms with E-state index >= 15 is 0 Å². The van der Waals surface area contributed by atoms with Crippen molar-refractivity contribution in [3.05, 3.63) is 21.1 Å². The number of methoxy groups -OCH3 is 1. The van der Waals surface area contributed by atoms with Crippen LogP contribution in [0.5, 0.6) is 11.5 Å². The minimum Gasteiger partial charge on any atom is -0.496 e. The Morgan fingerprint density at radius 2 is 1.89 bits per heavy atom. The molecule has 2 N–H and O–H groups in total. The van der Waals surface area contributed by atoms with Gasteiger partial charge in [-0.25, -0.2) is 0 Å². The molecule has 1 aromatic carbocycles. The molecule has 0 amide bonds. The molecule has 0 saturated heterocycles. The Balaban J connectivity index is 2.51. The number of ether oxygens (including phenoxy) is 2. The number of benzene rings is 1. The second-order valence-corrected chi connectivity index (χ2v) is 5.79. The number of nitrogens with one attached hydrogen (secondary N) is 1. The molecular formula is C13H19Br2NO3. The SMILES string of the molecule is CCCNCC(O)COc1cc(Br)c(OC)cc1Br. The predicted molar refractivity (Wildman–Crippen MR) is 83.1 cm³/mol. The van der Waals surface area contributed by atoms with Crippen LogP contribution in [0, 0.1) is 0 Å². The molecule has 19 heavy (non-hydrogen) atoms. The monoisotopic (exact) mass is 395 g/mol. The molecule has 4 nitrogen and oxygen atoms in total. The van der Waals surface area contributed by atoms with Gasteiger partial charge in [-0.1, -0.05) is 6.92 Å². The van der Waals surface area contributed by atoms with E-state index in [-0.39, 0.29) is 6.61 Å². The van der Waals surface area contributed by atoms with E-state index in [1.807, 2.05) is 12.1 Å². The molecule has 0 spiro atoms. The van der Waals surface area contributed by atoms with Crippen LogP contribution in [0.25, 0.3) is 0 Å². The van der Waals surface area contributed by atoms with Gasteiger partial charge in [0.05, 0.1) is 16.1 Å². The second kappa shape index (κ2) is 8.79. The lowest BCUT2D eigenvalue weighted by Crippen LogP contribution is -2.31. The molecule has 0 aromatic heterocycles. The maximum Gasteiger partial charge on any atom is 0.135 e. The molecule has 1 rings (SSSR count). The van der Waals surface area contributed by atoms with E-state index in [1.54, 1.807) is 7.11 Å². The van der Waals surface area contributed by atoms with Crippen LogP contribution >= 0.6 is 31.9 Å². The summed E-state index contributed by atoms with van der Waals surface area (Å²) < 4.78 is 12.4. The summed E-state index contributed by atoms with van der Waals surface area (Å²) in [4.78, 5) is 0. The average Bonchev–Trinajstić information content (AvgIpc) is 2.39. The normalized spacial score (nSPS) is 12.3. The molecule has 0 fully saturated rings. The molecule has 0 heterocycles. The highest BCUT2D eigenvalue weighted by molar-refractivity contribution is 9.11. The third-order valence-corrected chi connectivity index (χ3v) is 3.68. The van der Waals surface area contributed by atoms with Crippen molar-refractivity contribution in [1.29, 1.82) is 0 Å². The van der Waals surface area contributed by atoms with Crippen molar-refractivity contribution in [3.63, 3.8) is 0 Å². The molecule has 1 aromatic rings. The van der Waals surface area contributed by atoms with Crippen LogP contribution in [0.15, 0.2) is 21.1 Å². The molecule has 108 valence electrons. The van der Waals surface area contributed by atoms with Crippen LogP contribution in [-0.2, 0) is 0 Å². The van der Waals surface area contributed by atoms with Crippen LogP contribution in [0.2, 0.25) is 0 Å². The third-order valence-electron chi connectivity index (χ3n) is 2.44. The fraction of sp³-hybridized carbons (Fsp3) is 0.538. The lowest BCUT2D eigenvalue weighted by molar-refractivity contribution is 0.106. The first kappa shape index (κ1) is 16.8. The van der Waals surface area contributed by atoms with Crippen molar-refractivity contribution in [2.24, 2.45) is 0 Å². The van der Waals surface area contributed by atoms with Gasteiger partial charge in [0.2, 0.25) is 0 Å². The van der Waals surface area contributed by atoms with Gasteiger partial charge >= 0.3 is 0 Å². The van der Waals surface area contributed by atoms with Crippen LogP contribution in [-0.4, -0.2) is 38.0 Å². The van der Waals surface area contributed by atoms with Gasteiger partial charge < -0.3 is 19.9 Å². The second-order valence-electron chi connectivity index (χ2n) is 4.09. The highest BCUT2D eigenvalue weighted by atomic mass is 79.9. The summed E-state index contributed by atoms with van der Waals surface area (Å²) in [5, 5.41) is 12.9. The molecule has 0 aliphatic rings. The average molecular weight is 397 g/mol. The maximum atomic E-state index is 9.76. The van der Waals surface area contributed by atoms with E-state index < -0.39 is 6.10 Å². The van der Waals surface area contributed by atoms with Gasteiger partial charge in [0.25, 0.3) is 0 Å². The largest absolute Gasteiger partial charge is 0.496 e. The zero-order valence-electron chi connectivity index (χ0n) is 11.1. The van der Waals surface area contributed by atoms with Gasteiger partial charge in [-0.05, 0) is 57.0 Å². The summed E-state index contributed by atoms with van der Waals surface area (Å²) >= 11 is 6.81. The molecule has 1 atom stereocenters. The van der Waals surface area contributed by atoms with Crippen molar-refractivity contribution in [2.75, 3.05) is 26.8 Å². The quantitative estimate of drug-likeness (QED) is 0.663. The Labute approximate surface area is 130 Å².